The van der Waals surface area contributed by atoms with Crippen molar-refractivity contribution in [1.29, 1.82) is 0 Å². The van der Waals surface area contributed by atoms with Crippen LogP contribution < -0.4 is 15.4 Å². The van der Waals surface area contributed by atoms with Crippen molar-refractivity contribution >= 4 is 28.9 Å². The fourth-order valence-electron chi connectivity index (χ4n) is 7.94. The molecule has 3 atom stereocenters. The first-order chi connectivity index (χ1) is 16.8. The summed E-state index contributed by atoms with van der Waals surface area (Å²) < 4.78 is 1.48. The third-order valence-corrected chi connectivity index (χ3v) is 9.54. The number of anilines is 2. The monoisotopic (exact) mass is 496 g/mol. The number of rotatable bonds is 4. The lowest BCUT2D eigenvalue weighted by atomic mass is 9.48. The molecule has 4 bridgehead atoms. The Morgan fingerprint density at radius 3 is 2.29 bits per heavy atom. The van der Waals surface area contributed by atoms with E-state index in [-0.39, 0.29) is 16.5 Å². The SMILES string of the molecule is Cc1ccc(C)c(N2CCN(c3cnn(C45CC6CC(CC(C6)C4C(=O)O)C5)c(=O)c3Cl)CC2)c1. The van der Waals surface area contributed by atoms with Gasteiger partial charge in [-0.2, -0.15) is 5.10 Å². The van der Waals surface area contributed by atoms with Crippen molar-refractivity contribution in [2.45, 2.75) is 51.5 Å². The number of piperazine rings is 1. The Kier molecular flexibility index (Phi) is 5.40. The molecule has 2 aromatic rings. The standard InChI is InChI=1S/C27H33ClN4O3/c1-16-3-4-17(2)21(9-16)30-5-7-31(8-6-30)22-15-29-32(25(33)24(22)28)27-13-18-10-19(14-27)12-20(11-18)23(27)26(34)35/h3-4,9,15,18-20,23H,5-8,10-14H2,1-2H3,(H,34,35). The van der Waals surface area contributed by atoms with E-state index in [1.165, 1.54) is 21.5 Å². The van der Waals surface area contributed by atoms with Gasteiger partial charge in [-0.1, -0.05) is 23.7 Å². The minimum absolute atomic E-state index is 0.129. The Morgan fingerprint density at radius 2 is 1.66 bits per heavy atom. The molecule has 7 rings (SSSR count). The molecule has 35 heavy (non-hydrogen) atoms. The summed E-state index contributed by atoms with van der Waals surface area (Å²) in [5, 5.41) is 15.0. The number of nitrogens with zero attached hydrogens (tertiary/aromatic N) is 4. The number of hydrogen-bond acceptors (Lipinski definition) is 5. The van der Waals surface area contributed by atoms with Crippen LogP contribution in [0.3, 0.4) is 0 Å². The van der Waals surface area contributed by atoms with Crippen LogP contribution in [0.15, 0.2) is 29.2 Å². The number of aromatic nitrogens is 2. The molecule has 2 heterocycles. The Morgan fingerprint density at radius 1 is 1.03 bits per heavy atom. The molecule has 1 N–H and O–H groups in total. The van der Waals surface area contributed by atoms with Crippen LogP contribution in [0.4, 0.5) is 11.4 Å². The Balaban J connectivity index is 1.28. The predicted octanol–water partition coefficient (Wildman–Crippen LogP) is 4.08. The van der Waals surface area contributed by atoms with Gasteiger partial charge in [0, 0.05) is 31.9 Å². The summed E-state index contributed by atoms with van der Waals surface area (Å²) in [7, 11) is 0. The number of halogens is 1. The van der Waals surface area contributed by atoms with Gasteiger partial charge >= 0.3 is 5.97 Å². The second-order valence-corrected chi connectivity index (χ2v) is 11.7. The van der Waals surface area contributed by atoms with Gasteiger partial charge in [-0.05, 0) is 80.9 Å². The Hall–Kier alpha value is -2.54. The summed E-state index contributed by atoms with van der Waals surface area (Å²) in [6.45, 7) is 7.40. The first-order valence-electron chi connectivity index (χ1n) is 12.8. The van der Waals surface area contributed by atoms with E-state index in [0.29, 0.717) is 30.4 Å². The average Bonchev–Trinajstić information content (AvgIpc) is 2.81. The van der Waals surface area contributed by atoms with Gasteiger partial charge in [0.1, 0.15) is 5.02 Å². The second-order valence-electron chi connectivity index (χ2n) is 11.4. The van der Waals surface area contributed by atoms with Crippen LogP contribution in [0.25, 0.3) is 0 Å². The van der Waals surface area contributed by atoms with Crippen LogP contribution in [-0.2, 0) is 10.3 Å². The van der Waals surface area contributed by atoms with Gasteiger partial charge in [0.15, 0.2) is 0 Å². The molecular formula is C27H33ClN4O3. The van der Waals surface area contributed by atoms with E-state index in [9.17, 15) is 14.7 Å². The van der Waals surface area contributed by atoms with Crippen LogP contribution in [-0.4, -0.2) is 47.0 Å². The summed E-state index contributed by atoms with van der Waals surface area (Å²) in [5.74, 6) is -0.278. The molecule has 0 spiro atoms. The third-order valence-electron chi connectivity index (χ3n) is 9.19. The topological polar surface area (TPSA) is 78.7 Å². The van der Waals surface area contributed by atoms with Gasteiger partial charge in [-0.15, -0.1) is 0 Å². The zero-order valence-electron chi connectivity index (χ0n) is 20.4. The molecule has 0 amide bonds. The summed E-state index contributed by atoms with van der Waals surface area (Å²) in [5.41, 5.74) is 3.33. The smallest absolute Gasteiger partial charge is 0.309 e. The van der Waals surface area contributed by atoms with Crippen LogP contribution >= 0.6 is 11.6 Å². The van der Waals surface area contributed by atoms with E-state index in [1.54, 1.807) is 6.20 Å². The van der Waals surface area contributed by atoms with Crippen molar-refractivity contribution < 1.29 is 9.90 Å². The molecule has 5 aliphatic rings. The zero-order valence-corrected chi connectivity index (χ0v) is 21.2. The molecule has 1 saturated heterocycles. The lowest BCUT2D eigenvalue weighted by Crippen LogP contribution is -2.63. The fraction of sp³-hybridized carbons (Fsp3) is 0.593. The van der Waals surface area contributed by atoms with Crippen molar-refractivity contribution in [1.82, 2.24) is 9.78 Å². The average molecular weight is 497 g/mol. The van der Waals surface area contributed by atoms with Gasteiger partial charge in [0.2, 0.25) is 0 Å². The Labute approximate surface area is 210 Å². The first kappa shape index (κ1) is 22.9. The van der Waals surface area contributed by atoms with Crippen molar-refractivity contribution in [2.75, 3.05) is 36.0 Å². The minimum Gasteiger partial charge on any atom is -0.481 e. The molecule has 1 aromatic heterocycles. The molecule has 0 radical (unpaired) electrons. The van der Waals surface area contributed by atoms with Crippen LogP contribution in [0.5, 0.6) is 0 Å². The predicted molar refractivity (Wildman–Crippen MR) is 137 cm³/mol. The number of hydrogen-bond donors (Lipinski definition) is 1. The molecule has 4 saturated carbocycles. The number of carboxylic acid groups (broad SMARTS) is 1. The number of carbonyl (C=O) groups is 1. The summed E-state index contributed by atoms with van der Waals surface area (Å²) >= 11 is 6.72. The zero-order chi connectivity index (χ0) is 24.5. The van der Waals surface area contributed by atoms with E-state index in [2.05, 4.69) is 46.9 Å². The van der Waals surface area contributed by atoms with Gasteiger partial charge in [0.25, 0.3) is 5.56 Å². The molecule has 4 aliphatic carbocycles. The summed E-state index contributed by atoms with van der Waals surface area (Å²) in [6, 6.07) is 6.52. The van der Waals surface area contributed by atoms with E-state index in [4.69, 9.17) is 11.6 Å². The van der Waals surface area contributed by atoms with Gasteiger partial charge in [0.05, 0.1) is 23.3 Å². The maximum atomic E-state index is 13.6. The van der Waals surface area contributed by atoms with E-state index in [1.807, 2.05) is 0 Å². The molecule has 8 heteroatoms. The highest BCUT2D eigenvalue weighted by atomic mass is 35.5. The number of carboxylic acids is 1. The summed E-state index contributed by atoms with van der Waals surface area (Å²) in [6.07, 6.45) is 6.20. The third kappa shape index (κ3) is 3.57. The lowest BCUT2D eigenvalue weighted by molar-refractivity contribution is -0.168. The maximum absolute atomic E-state index is 13.6. The maximum Gasteiger partial charge on any atom is 0.309 e. The molecule has 186 valence electrons. The first-order valence-corrected chi connectivity index (χ1v) is 13.2. The van der Waals surface area contributed by atoms with Gasteiger partial charge in [-0.25, -0.2) is 4.68 Å². The second kappa shape index (κ2) is 8.26. The quantitative estimate of drug-likeness (QED) is 0.687. The van der Waals surface area contributed by atoms with Crippen molar-refractivity contribution in [3.05, 3.63) is 50.9 Å². The molecule has 5 fully saturated rings. The highest BCUT2D eigenvalue weighted by molar-refractivity contribution is 6.33. The van der Waals surface area contributed by atoms with Crippen LogP contribution in [0.1, 0.15) is 43.2 Å². The molecular weight excluding hydrogens is 464 g/mol. The fourth-order valence-corrected chi connectivity index (χ4v) is 8.19. The number of aryl methyl sites for hydroxylation is 2. The molecule has 1 aliphatic heterocycles. The summed E-state index contributed by atoms with van der Waals surface area (Å²) in [4.78, 5) is 30.5. The van der Waals surface area contributed by atoms with Gasteiger partial charge < -0.3 is 14.9 Å². The van der Waals surface area contributed by atoms with Crippen LogP contribution in [0.2, 0.25) is 5.02 Å². The van der Waals surface area contributed by atoms with Crippen LogP contribution in [0, 0.1) is 37.5 Å². The molecule has 1 aromatic carbocycles. The van der Waals surface area contributed by atoms with E-state index >= 15 is 0 Å². The highest BCUT2D eigenvalue weighted by Gasteiger charge is 2.61. The van der Waals surface area contributed by atoms with Gasteiger partial charge in [-0.3, -0.25) is 9.59 Å². The highest BCUT2D eigenvalue weighted by Crippen LogP contribution is 2.61. The molecule has 3 unspecified atom stereocenters. The normalized spacial score (nSPS) is 31.7. The van der Waals surface area contributed by atoms with Crippen molar-refractivity contribution in [2.24, 2.45) is 23.7 Å². The van der Waals surface area contributed by atoms with Crippen molar-refractivity contribution in [3.63, 3.8) is 0 Å². The number of benzene rings is 1. The van der Waals surface area contributed by atoms with E-state index < -0.39 is 17.4 Å². The van der Waals surface area contributed by atoms with Crippen molar-refractivity contribution in [3.8, 4) is 0 Å². The largest absolute Gasteiger partial charge is 0.481 e. The molecule has 7 nitrogen and oxygen atoms in total. The minimum atomic E-state index is -0.801. The lowest BCUT2D eigenvalue weighted by Gasteiger charge is -2.59. The Bertz CT molecular complexity index is 1220. The van der Waals surface area contributed by atoms with E-state index in [0.717, 1.165) is 45.4 Å². The number of aliphatic carboxylic acids is 1.